The molecule has 0 heterocycles. The summed E-state index contributed by atoms with van der Waals surface area (Å²) in [5.41, 5.74) is 0.799. The monoisotopic (exact) mass is 280 g/mol. The summed E-state index contributed by atoms with van der Waals surface area (Å²) in [5, 5.41) is 2.03. The standard InChI is InChI=1S/C14H17O4P/c1-16-14(19(15,17-2)18-3)13-10-6-8-11-7-4-5-9-12(11)13/h4-10,14H,1-3H3. The number of benzene rings is 2. The molecule has 1 unspecified atom stereocenters. The van der Waals surface area contributed by atoms with Gasteiger partial charge < -0.3 is 13.8 Å². The first-order valence-electron chi connectivity index (χ1n) is 5.88. The van der Waals surface area contributed by atoms with E-state index in [0.29, 0.717) is 0 Å². The fourth-order valence-electron chi connectivity index (χ4n) is 2.16. The summed E-state index contributed by atoms with van der Waals surface area (Å²) < 4.78 is 28.0. The van der Waals surface area contributed by atoms with E-state index in [9.17, 15) is 4.57 Å². The zero-order valence-electron chi connectivity index (χ0n) is 11.2. The molecule has 0 saturated heterocycles. The second-order valence-electron chi connectivity index (χ2n) is 4.06. The van der Waals surface area contributed by atoms with Crippen LogP contribution in [-0.2, 0) is 18.3 Å². The van der Waals surface area contributed by atoms with Crippen molar-refractivity contribution < 1.29 is 18.3 Å². The molecule has 0 aliphatic rings. The van der Waals surface area contributed by atoms with E-state index in [2.05, 4.69) is 0 Å². The zero-order chi connectivity index (χ0) is 13.9. The van der Waals surface area contributed by atoms with Gasteiger partial charge in [0.25, 0.3) is 0 Å². The van der Waals surface area contributed by atoms with Crippen LogP contribution in [0.4, 0.5) is 0 Å². The number of hydrogen-bond acceptors (Lipinski definition) is 4. The zero-order valence-corrected chi connectivity index (χ0v) is 12.1. The Bertz CT molecular complexity index is 598. The summed E-state index contributed by atoms with van der Waals surface area (Å²) in [4.78, 5) is 0. The Morgan fingerprint density at radius 2 is 1.58 bits per heavy atom. The summed E-state index contributed by atoms with van der Waals surface area (Å²) in [6.07, 6.45) is 0. The quantitative estimate of drug-likeness (QED) is 0.777. The first-order valence-corrected chi connectivity index (χ1v) is 7.49. The highest BCUT2D eigenvalue weighted by Gasteiger charge is 2.36. The minimum absolute atomic E-state index is 0.742. The van der Waals surface area contributed by atoms with Crippen molar-refractivity contribution in [1.29, 1.82) is 0 Å². The number of ether oxygens (including phenoxy) is 1. The summed E-state index contributed by atoms with van der Waals surface area (Å²) in [6, 6.07) is 13.6. The van der Waals surface area contributed by atoms with Crippen molar-refractivity contribution >= 4 is 18.4 Å². The molecule has 0 radical (unpaired) electrons. The highest BCUT2D eigenvalue weighted by atomic mass is 31.2. The molecule has 4 nitrogen and oxygen atoms in total. The lowest BCUT2D eigenvalue weighted by Gasteiger charge is -2.24. The van der Waals surface area contributed by atoms with Crippen molar-refractivity contribution in [2.24, 2.45) is 0 Å². The molecule has 2 aromatic carbocycles. The van der Waals surface area contributed by atoms with Crippen LogP contribution in [0.5, 0.6) is 0 Å². The minimum atomic E-state index is -3.34. The van der Waals surface area contributed by atoms with Crippen LogP contribution in [0.2, 0.25) is 0 Å². The van der Waals surface area contributed by atoms with Crippen LogP contribution in [0.1, 0.15) is 11.4 Å². The molecule has 0 aliphatic heterocycles. The van der Waals surface area contributed by atoms with Gasteiger partial charge in [0.1, 0.15) is 0 Å². The van der Waals surface area contributed by atoms with Gasteiger partial charge in [0.05, 0.1) is 0 Å². The normalized spacial score (nSPS) is 13.6. The van der Waals surface area contributed by atoms with Crippen molar-refractivity contribution in [3.05, 3.63) is 48.0 Å². The van der Waals surface area contributed by atoms with Gasteiger partial charge in [0, 0.05) is 26.9 Å². The molecule has 0 fully saturated rings. The molecule has 0 amide bonds. The van der Waals surface area contributed by atoms with E-state index < -0.39 is 13.4 Å². The van der Waals surface area contributed by atoms with E-state index in [-0.39, 0.29) is 0 Å². The predicted octanol–water partition coefficient (Wildman–Crippen LogP) is 3.97. The number of methoxy groups -OCH3 is 1. The SMILES string of the molecule is COC(c1cccc2ccccc12)P(=O)(OC)OC. The molecule has 19 heavy (non-hydrogen) atoms. The van der Waals surface area contributed by atoms with E-state index in [0.717, 1.165) is 16.3 Å². The van der Waals surface area contributed by atoms with Gasteiger partial charge in [-0.1, -0.05) is 42.5 Å². The maximum atomic E-state index is 12.6. The van der Waals surface area contributed by atoms with Gasteiger partial charge in [-0.25, -0.2) is 0 Å². The maximum absolute atomic E-state index is 12.6. The fourth-order valence-corrected chi connectivity index (χ4v) is 3.51. The maximum Gasteiger partial charge on any atom is 0.363 e. The highest BCUT2D eigenvalue weighted by Crippen LogP contribution is 2.60. The van der Waals surface area contributed by atoms with Gasteiger partial charge in [-0.05, 0) is 10.8 Å². The van der Waals surface area contributed by atoms with Crippen molar-refractivity contribution in [2.45, 2.75) is 5.85 Å². The predicted molar refractivity (Wildman–Crippen MR) is 75.3 cm³/mol. The molecule has 2 rings (SSSR count). The molecule has 0 saturated carbocycles. The van der Waals surface area contributed by atoms with E-state index in [1.165, 1.54) is 21.3 Å². The summed E-state index contributed by atoms with van der Waals surface area (Å²) >= 11 is 0. The third kappa shape index (κ3) is 2.58. The van der Waals surface area contributed by atoms with Gasteiger partial charge >= 0.3 is 7.60 Å². The molecule has 0 N–H and O–H groups in total. The van der Waals surface area contributed by atoms with Crippen LogP contribution >= 0.6 is 7.60 Å². The molecular formula is C14H17O4P. The van der Waals surface area contributed by atoms with Gasteiger partial charge in [-0.2, -0.15) is 0 Å². The van der Waals surface area contributed by atoms with Gasteiger partial charge in [0.2, 0.25) is 0 Å². The summed E-state index contributed by atoms with van der Waals surface area (Å²) in [6.45, 7) is 0. The first-order chi connectivity index (χ1) is 9.16. The molecule has 102 valence electrons. The highest BCUT2D eigenvalue weighted by molar-refractivity contribution is 7.54. The first kappa shape index (κ1) is 14.2. The van der Waals surface area contributed by atoms with Gasteiger partial charge in [-0.3, -0.25) is 4.57 Å². The molecule has 0 bridgehead atoms. The largest absolute Gasteiger partial charge is 0.364 e. The van der Waals surface area contributed by atoms with Crippen LogP contribution in [0.3, 0.4) is 0 Å². The third-order valence-corrected chi connectivity index (χ3v) is 5.19. The van der Waals surface area contributed by atoms with Gasteiger partial charge in [-0.15, -0.1) is 0 Å². The molecule has 0 aliphatic carbocycles. The third-order valence-electron chi connectivity index (χ3n) is 3.11. The number of hydrogen-bond donors (Lipinski definition) is 0. The van der Waals surface area contributed by atoms with E-state index in [1.807, 2.05) is 42.5 Å². The minimum Gasteiger partial charge on any atom is -0.364 e. The van der Waals surface area contributed by atoms with Crippen LogP contribution in [0.15, 0.2) is 42.5 Å². The van der Waals surface area contributed by atoms with E-state index in [4.69, 9.17) is 13.8 Å². The van der Waals surface area contributed by atoms with Gasteiger partial charge in [0.15, 0.2) is 5.85 Å². The second-order valence-corrected chi connectivity index (χ2v) is 6.34. The number of fused-ring (bicyclic) bond motifs is 1. The van der Waals surface area contributed by atoms with Crippen LogP contribution in [0.25, 0.3) is 10.8 Å². The van der Waals surface area contributed by atoms with Crippen molar-refractivity contribution in [2.75, 3.05) is 21.3 Å². The molecular weight excluding hydrogens is 263 g/mol. The lowest BCUT2D eigenvalue weighted by atomic mass is 10.1. The molecule has 2 aromatic rings. The van der Waals surface area contributed by atoms with Crippen LogP contribution in [0, 0.1) is 0 Å². The lowest BCUT2D eigenvalue weighted by Crippen LogP contribution is -2.06. The molecule has 1 atom stereocenters. The van der Waals surface area contributed by atoms with Crippen molar-refractivity contribution in [3.63, 3.8) is 0 Å². The van der Waals surface area contributed by atoms with Crippen LogP contribution < -0.4 is 0 Å². The van der Waals surface area contributed by atoms with Crippen LogP contribution in [-0.4, -0.2) is 21.3 Å². The Kier molecular flexibility index (Phi) is 4.38. The summed E-state index contributed by atoms with van der Waals surface area (Å²) in [7, 11) is 0.882. The average Bonchev–Trinajstić information content (AvgIpc) is 2.48. The summed E-state index contributed by atoms with van der Waals surface area (Å²) in [5.74, 6) is -0.742. The Labute approximate surface area is 112 Å². The topological polar surface area (TPSA) is 44.8 Å². The Hall–Kier alpha value is -1.19. The molecule has 5 heteroatoms. The lowest BCUT2D eigenvalue weighted by molar-refractivity contribution is 0.124. The van der Waals surface area contributed by atoms with E-state index >= 15 is 0 Å². The Morgan fingerprint density at radius 3 is 2.21 bits per heavy atom. The van der Waals surface area contributed by atoms with Crippen molar-refractivity contribution in [3.8, 4) is 0 Å². The average molecular weight is 280 g/mol. The van der Waals surface area contributed by atoms with E-state index in [1.54, 1.807) is 0 Å². The second kappa shape index (κ2) is 5.85. The Morgan fingerprint density at radius 1 is 0.947 bits per heavy atom. The molecule has 0 spiro atoms. The fraction of sp³-hybridized carbons (Fsp3) is 0.286. The Balaban J connectivity index is 2.62. The van der Waals surface area contributed by atoms with Crippen molar-refractivity contribution in [1.82, 2.24) is 0 Å². The smallest absolute Gasteiger partial charge is 0.363 e. The molecule has 0 aromatic heterocycles. The number of rotatable bonds is 5.